The summed E-state index contributed by atoms with van der Waals surface area (Å²) in [6.45, 7) is 1.85. The highest BCUT2D eigenvalue weighted by atomic mass is 19.3. The van der Waals surface area contributed by atoms with Crippen LogP contribution >= 0.6 is 0 Å². The number of aromatic nitrogens is 4. The first-order chi connectivity index (χ1) is 20.3. The Hall–Kier alpha value is -3.43. The summed E-state index contributed by atoms with van der Waals surface area (Å²) in [6, 6.07) is 3.92. The zero-order valence-electron chi connectivity index (χ0n) is 24.5. The van der Waals surface area contributed by atoms with Gasteiger partial charge in [-0.2, -0.15) is 10.2 Å². The van der Waals surface area contributed by atoms with Crippen molar-refractivity contribution in [3.05, 3.63) is 46.9 Å². The lowest BCUT2D eigenvalue weighted by molar-refractivity contribution is 0.152. The first kappa shape index (κ1) is 26.2. The van der Waals surface area contributed by atoms with Crippen LogP contribution in [0.1, 0.15) is 86.2 Å². The standard InChI is InChI=1S/C32H39F2N7O/c1-35-30(42)39-13-5-25-24(19-39)29(37-41(25)27-16-32(27)10-8-31(6-7-31)9-11-32)40-12-3-4-20-14-22(21-17-36-38(2)18-21)23(28(33)34)15-26(20)40/h14-15,17-18,27-28H,3-13,16,19H2,1-2H3,(H,35,42). The van der Waals surface area contributed by atoms with Crippen LogP contribution in [0.4, 0.5) is 25.1 Å². The zero-order chi connectivity index (χ0) is 28.8. The van der Waals surface area contributed by atoms with Crippen LogP contribution in [-0.2, 0) is 26.4 Å². The lowest BCUT2D eigenvalue weighted by atomic mass is 9.77. The minimum Gasteiger partial charge on any atom is -0.341 e. The molecule has 1 aromatic carbocycles. The summed E-state index contributed by atoms with van der Waals surface area (Å²) in [6.07, 6.45) is 12.6. The molecule has 0 saturated heterocycles. The quantitative estimate of drug-likeness (QED) is 0.397. The Bertz CT molecular complexity index is 1560. The second kappa shape index (κ2) is 9.28. The fourth-order valence-electron chi connectivity index (χ4n) is 8.26. The molecule has 2 aliphatic heterocycles. The molecule has 3 saturated carbocycles. The number of benzene rings is 1. The Labute approximate surface area is 245 Å². The second-order valence-corrected chi connectivity index (χ2v) is 13.5. The summed E-state index contributed by atoms with van der Waals surface area (Å²) in [5.74, 6) is 0.838. The summed E-state index contributed by atoms with van der Waals surface area (Å²) in [5.41, 5.74) is 6.43. The molecule has 0 radical (unpaired) electrons. The van der Waals surface area contributed by atoms with Gasteiger partial charge < -0.3 is 15.1 Å². The van der Waals surface area contributed by atoms with E-state index in [0.29, 0.717) is 47.6 Å². The van der Waals surface area contributed by atoms with E-state index in [1.165, 1.54) is 50.6 Å². The lowest BCUT2D eigenvalue weighted by Crippen LogP contribution is -2.41. The number of rotatable bonds is 4. The summed E-state index contributed by atoms with van der Waals surface area (Å²) in [4.78, 5) is 16.7. The summed E-state index contributed by atoms with van der Waals surface area (Å²) in [5, 5.41) is 12.3. The Kier molecular flexibility index (Phi) is 5.79. The highest BCUT2D eigenvalue weighted by molar-refractivity contribution is 5.78. The van der Waals surface area contributed by atoms with E-state index < -0.39 is 6.43 Å². The molecule has 8 rings (SSSR count). The molecule has 2 spiro atoms. The number of hydrogen-bond acceptors (Lipinski definition) is 4. The number of carbonyl (C=O) groups is 1. The van der Waals surface area contributed by atoms with Gasteiger partial charge in [-0.15, -0.1) is 0 Å². The van der Waals surface area contributed by atoms with Gasteiger partial charge in [-0.25, -0.2) is 13.6 Å². The van der Waals surface area contributed by atoms with Crippen molar-refractivity contribution in [3.63, 3.8) is 0 Å². The van der Waals surface area contributed by atoms with Gasteiger partial charge in [-0.05, 0) is 91.9 Å². The molecule has 1 N–H and O–H groups in total. The van der Waals surface area contributed by atoms with E-state index in [0.717, 1.165) is 41.9 Å². The van der Waals surface area contributed by atoms with Gasteiger partial charge >= 0.3 is 6.03 Å². The third kappa shape index (κ3) is 4.07. The van der Waals surface area contributed by atoms with E-state index in [-0.39, 0.29) is 11.6 Å². The number of nitrogens with one attached hydrogen (secondary N) is 1. The van der Waals surface area contributed by atoms with Crippen LogP contribution in [0, 0.1) is 10.8 Å². The summed E-state index contributed by atoms with van der Waals surface area (Å²) < 4.78 is 33.0. The first-order valence-electron chi connectivity index (χ1n) is 15.6. The highest BCUT2D eigenvalue weighted by Gasteiger charge is 2.61. The van der Waals surface area contributed by atoms with Crippen LogP contribution in [0.25, 0.3) is 11.1 Å². The molecule has 2 amide bonds. The largest absolute Gasteiger partial charge is 0.341 e. The van der Waals surface area contributed by atoms with Gasteiger partial charge in [0.1, 0.15) is 0 Å². The van der Waals surface area contributed by atoms with Gasteiger partial charge in [0.2, 0.25) is 0 Å². The maximum absolute atomic E-state index is 14.5. The maximum Gasteiger partial charge on any atom is 0.317 e. The van der Waals surface area contributed by atoms with Crippen molar-refractivity contribution in [2.45, 2.75) is 83.2 Å². The number of urea groups is 1. The predicted molar refractivity (Wildman–Crippen MR) is 156 cm³/mol. The van der Waals surface area contributed by atoms with E-state index >= 15 is 0 Å². The highest BCUT2D eigenvalue weighted by Crippen LogP contribution is 2.71. The van der Waals surface area contributed by atoms with Crippen LogP contribution in [-0.4, -0.2) is 50.6 Å². The van der Waals surface area contributed by atoms with Gasteiger partial charge in [0.15, 0.2) is 5.82 Å². The lowest BCUT2D eigenvalue weighted by Gasteiger charge is -2.33. The number of carbonyl (C=O) groups excluding carboxylic acids is 1. The molecule has 222 valence electrons. The van der Waals surface area contributed by atoms with E-state index in [1.54, 1.807) is 37.2 Å². The molecule has 3 fully saturated rings. The third-order valence-corrected chi connectivity index (χ3v) is 11.1. The third-order valence-electron chi connectivity index (χ3n) is 11.1. The molecule has 1 atom stereocenters. The normalized spacial score (nSPS) is 23.3. The Morgan fingerprint density at radius 1 is 1.10 bits per heavy atom. The van der Waals surface area contributed by atoms with Crippen molar-refractivity contribution >= 4 is 17.5 Å². The monoisotopic (exact) mass is 575 g/mol. The SMILES string of the molecule is CNC(=O)N1CCc2c(c(N3CCCc4cc(-c5cnn(C)c5)c(C(F)F)cc43)nn2C2CC23CCC2(CC2)CC3)C1. The fourth-order valence-corrected chi connectivity index (χ4v) is 8.26. The Morgan fingerprint density at radius 3 is 2.57 bits per heavy atom. The van der Waals surface area contributed by atoms with Crippen molar-refractivity contribution in [2.75, 3.05) is 25.0 Å². The van der Waals surface area contributed by atoms with Gasteiger partial charge in [-0.1, -0.05) is 0 Å². The van der Waals surface area contributed by atoms with Crippen molar-refractivity contribution < 1.29 is 13.6 Å². The number of fused-ring (bicyclic) bond motifs is 2. The van der Waals surface area contributed by atoms with Gasteiger partial charge in [0.25, 0.3) is 6.43 Å². The molecule has 2 aromatic heterocycles. The molecule has 8 nitrogen and oxygen atoms in total. The molecule has 1 unspecified atom stereocenters. The van der Waals surface area contributed by atoms with Gasteiger partial charge in [0.05, 0.1) is 18.8 Å². The summed E-state index contributed by atoms with van der Waals surface area (Å²) >= 11 is 0. The van der Waals surface area contributed by atoms with Crippen molar-refractivity contribution in [3.8, 4) is 11.1 Å². The molecule has 42 heavy (non-hydrogen) atoms. The number of nitrogens with zero attached hydrogens (tertiary/aromatic N) is 6. The molecule has 3 aromatic rings. The van der Waals surface area contributed by atoms with Crippen LogP contribution in [0.2, 0.25) is 0 Å². The number of anilines is 2. The Balaban J connectivity index is 1.20. The van der Waals surface area contributed by atoms with Crippen molar-refractivity contribution in [1.29, 1.82) is 0 Å². The molecule has 4 heterocycles. The first-order valence-corrected chi connectivity index (χ1v) is 15.6. The van der Waals surface area contributed by atoms with E-state index in [1.807, 2.05) is 11.0 Å². The van der Waals surface area contributed by atoms with Crippen LogP contribution in [0.3, 0.4) is 0 Å². The molecular formula is C32H39F2N7O. The van der Waals surface area contributed by atoms with Crippen LogP contribution < -0.4 is 10.2 Å². The minimum atomic E-state index is -2.61. The molecule has 3 aliphatic carbocycles. The van der Waals surface area contributed by atoms with Gasteiger partial charge in [0, 0.05) is 67.9 Å². The number of hydrogen-bond donors (Lipinski definition) is 1. The smallest absolute Gasteiger partial charge is 0.317 e. The predicted octanol–water partition coefficient (Wildman–Crippen LogP) is 6.29. The molecule has 0 bridgehead atoms. The second-order valence-electron chi connectivity index (χ2n) is 13.5. The van der Waals surface area contributed by atoms with E-state index in [2.05, 4.69) is 20.0 Å². The minimum absolute atomic E-state index is 0.0197. The summed E-state index contributed by atoms with van der Waals surface area (Å²) in [7, 11) is 3.47. The number of halogens is 2. The topological polar surface area (TPSA) is 71.2 Å². The number of alkyl halides is 2. The van der Waals surface area contributed by atoms with Crippen LogP contribution in [0.15, 0.2) is 24.5 Å². The Morgan fingerprint density at radius 2 is 1.88 bits per heavy atom. The average Bonchev–Trinajstić information content (AvgIpc) is 3.82. The van der Waals surface area contributed by atoms with E-state index in [4.69, 9.17) is 5.10 Å². The number of amides is 2. The van der Waals surface area contributed by atoms with Crippen LogP contribution in [0.5, 0.6) is 0 Å². The zero-order valence-corrected chi connectivity index (χ0v) is 24.5. The molecule has 10 heteroatoms. The number of aryl methyl sites for hydroxylation is 2. The van der Waals surface area contributed by atoms with Crippen molar-refractivity contribution in [2.24, 2.45) is 17.9 Å². The van der Waals surface area contributed by atoms with Gasteiger partial charge in [-0.3, -0.25) is 9.36 Å². The maximum atomic E-state index is 14.5. The molecular weight excluding hydrogens is 536 g/mol. The fraction of sp³-hybridized carbons (Fsp3) is 0.594. The van der Waals surface area contributed by atoms with Crippen molar-refractivity contribution in [1.82, 2.24) is 29.8 Å². The molecule has 5 aliphatic rings. The average molecular weight is 576 g/mol. The van der Waals surface area contributed by atoms with E-state index in [9.17, 15) is 13.6 Å².